The van der Waals surface area contributed by atoms with Gasteiger partial charge < -0.3 is 19.8 Å². The molecule has 2 heterocycles. The van der Waals surface area contributed by atoms with Crippen molar-refractivity contribution in [3.63, 3.8) is 0 Å². The number of hydrogen-bond donors (Lipinski definition) is 1. The first-order chi connectivity index (χ1) is 10.2. The van der Waals surface area contributed by atoms with Crippen molar-refractivity contribution in [1.82, 2.24) is 9.55 Å². The van der Waals surface area contributed by atoms with Gasteiger partial charge in [-0.3, -0.25) is 0 Å². The summed E-state index contributed by atoms with van der Waals surface area (Å²) in [6.07, 6.45) is 4.67. The van der Waals surface area contributed by atoms with Gasteiger partial charge in [-0.05, 0) is 37.1 Å². The normalized spacial score (nSPS) is 19.7. The van der Waals surface area contributed by atoms with Crippen LogP contribution in [0, 0.1) is 12.8 Å². The van der Waals surface area contributed by atoms with Crippen molar-refractivity contribution in [2.45, 2.75) is 19.4 Å². The number of nitrogens with zero attached hydrogens (tertiary/aromatic N) is 2. The molecule has 0 saturated carbocycles. The van der Waals surface area contributed by atoms with Gasteiger partial charge in [-0.2, -0.15) is 0 Å². The standard InChI is InChI=1S/C16H21N3O2/c1-11-7-13(3-4-15(11)20-2)19-10-18-8-14(19)16(17)12-5-6-21-9-12/h3-4,7-8,10,12,16H,5-6,9,17H2,1-2H3. The zero-order valence-electron chi connectivity index (χ0n) is 12.5. The van der Waals surface area contributed by atoms with Gasteiger partial charge in [0, 0.05) is 18.2 Å². The van der Waals surface area contributed by atoms with Crippen LogP contribution in [0.4, 0.5) is 0 Å². The number of aromatic nitrogens is 2. The van der Waals surface area contributed by atoms with Crippen LogP contribution in [0.15, 0.2) is 30.7 Å². The monoisotopic (exact) mass is 287 g/mol. The Morgan fingerprint density at radius 3 is 3.00 bits per heavy atom. The summed E-state index contributed by atoms with van der Waals surface area (Å²) in [5.74, 6) is 1.24. The van der Waals surface area contributed by atoms with Gasteiger partial charge in [0.15, 0.2) is 0 Å². The molecule has 1 aliphatic rings. The molecule has 5 nitrogen and oxygen atoms in total. The minimum absolute atomic E-state index is 0.0580. The van der Waals surface area contributed by atoms with E-state index in [1.807, 2.05) is 31.6 Å². The summed E-state index contributed by atoms with van der Waals surface area (Å²) in [5, 5.41) is 0. The number of benzene rings is 1. The average molecular weight is 287 g/mol. The van der Waals surface area contributed by atoms with E-state index < -0.39 is 0 Å². The molecule has 2 atom stereocenters. The van der Waals surface area contributed by atoms with Gasteiger partial charge in [-0.25, -0.2) is 4.98 Å². The fraction of sp³-hybridized carbons (Fsp3) is 0.438. The van der Waals surface area contributed by atoms with Crippen molar-refractivity contribution in [2.75, 3.05) is 20.3 Å². The van der Waals surface area contributed by atoms with Crippen molar-refractivity contribution in [2.24, 2.45) is 11.7 Å². The molecule has 112 valence electrons. The van der Waals surface area contributed by atoms with E-state index in [-0.39, 0.29) is 6.04 Å². The lowest BCUT2D eigenvalue weighted by Crippen LogP contribution is -2.24. The summed E-state index contributed by atoms with van der Waals surface area (Å²) >= 11 is 0. The Morgan fingerprint density at radius 1 is 1.48 bits per heavy atom. The van der Waals surface area contributed by atoms with Crippen LogP contribution in [0.2, 0.25) is 0 Å². The van der Waals surface area contributed by atoms with E-state index in [1.54, 1.807) is 7.11 Å². The maximum atomic E-state index is 6.41. The second-order valence-electron chi connectivity index (χ2n) is 5.49. The molecule has 5 heteroatoms. The first kappa shape index (κ1) is 14.1. The van der Waals surface area contributed by atoms with E-state index >= 15 is 0 Å². The molecule has 0 radical (unpaired) electrons. The number of nitrogens with two attached hydrogens (primary N) is 1. The molecule has 0 amide bonds. The Morgan fingerprint density at radius 2 is 2.33 bits per heavy atom. The number of ether oxygens (including phenoxy) is 2. The maximum Gasteiger partial charge on any atom is 0.121 e. The summed E-state index contributed by atoms with van der Waals surface area (Å²) in [6.45, 7) is 3.56. The minimum Gasteiger partial charge on any atom is -0.496 e. The summed E-state index contributed by atoms with van der Waals surface area (Å²) in [6, 6.07) is 6.02. The third-order valence-electron chi connectivity index (χ3n) is 4.14. The van der Waals surface area contributed by atoms with Gasteiger partial charge in [0.2, 0.25) is 0 Å². The number of methoxy groups -OCH3 is 1. The van der Waals surface area contributed by atoms with E-state index in [1.165, 1.54) is 0 Å². The molecular weight excluding hydrogens is 266 g/mol. The van der Waals surface area contributed by atoms with Crippen molar-refractivity contribution in [3.8, 4) is 11.4 Å². The highest BCUT2D eigenvalue weighted by Crippen LogP contribution is 2.29. The molecule has 0 spiro atoms. The van der Waals surface area contributed by atoms with Gasteiger partial charge in [-0.1, -0.05) is 0 Å². The van der Waals surface area contributed by atoms with Crippen molar-refractivity contribution < 1.29 is 9.47 Å². The third kappa shape index (κ3) is 2.66. The second kappa shape index (κ2) is 5.87. The van der Waals surface area contributed by atoms with Crippen LogP contribution in [0.5, 0.6) is 5.75 Å². The molecule has 2 unspecified atom stereocenters. The number of imidazole rings is 1. The van der Waals surface area contributed by atoms with E-state index in [0.717, 1.165) is 42.3 Å². The number of hydrogen-bond acceptors (Lipinski definition) is 4. The third-order valence-corrected chi connectivity index (χ3v) is 4.14. The lowest BCUT2D eigenvalue weighted by molar-refractivity contribution is 0.180. The highest BCUT2D eigenvalue weighted by atomic mass is 16.5. The Labute approximate surface area is 124 Å². The lowest BCUT2D eigenvalue weighted by atomic mass is 9.97. The Hall–Kier alpha value is -1.85. The number of aryl methyl sites for hydroxylation is 1. The van der Waals surface area contributed by atoms with Crippen molar-refractivity contribution in [3.05, 3.63) is 42.0 Å². The van der Waals surface area contributed by atoms with Gasteiger partial charge in [0.1, 0.15) is 5.75 Å². The van der Waals surface area contributed by atoms with Gasteiger partial charge in [-0.15, -0.1) is 0 Å². The predicted octanol–water partition coefficient (Wildman–Crippen LogP) is 2.23. The van der Waals surface area contributed by atoms with Crippen LogP contribution in [0.25, 0.3) is 5.69 Å². The average Bonchev–Trinajstić information content (AvgIpc) is 3.17. The maximum absolute atomic E-state index is 6.41. The van der Waals surface area contributed by atoms with Gasteiger partial charge in [0.05, 0.1) is 38.0 Å². The van der Waals surface area contributed by atoms with Crippen LogP contribution in [0.3, 0.4) is 0 Å². The molecule has 1 saturated heterocycles. The molecule has 2 N–H and O–H groups in total. The number of rotatable bonds is 4. The van der Waals surface area contributed by atoms with E-state index in [2.05, 4.69) is 15.6 Å². The summed E-state index contributed by atoms with van der Waals surface area (Å²) < 4.78 is 12.8. The van der Waals surface area contributed by atoms with Crippen LogP contribution in [0.1, 0.15) is 23.7 Å². The molecule has 1 aliphatic heterocycles. The van der Waals surface area contributed by atoms with Crippen molar-refractivity contribution >= 4 is 0 Å². The molecule has 21 heavy (non-hydrogen) atoms. The topological polar surface area (TPSA) is 62.3 Å². The van der Waals surface area contributed by atoms with Crippen LogP contribution in [-0.2, 0) is 4.74 Å². The molecule has 1 aromatic heterocycles. The zero-order valence-corrected chi connectivity index (χ0v) is 12.5. The summed E-state index contributed by atoms with van der Waals surface area (Å²) in [7, 11) is 1.68. The van der Waals surface area contributed by atoms with E-state index in [0.29, 0.717) is 5.92 Å². The minimum atomic E-state index is -0.0580. The Kier molecular flexibility index (Phi) is 3.94. The molecule has 2 aromatic rings. The first-order valence-corrected chi connectivity index (χ1v) is 7.21. The van der Waals surface area contributed by atoms with Gasteiger partial charge >= 0.3 is 0 Å². The molecular formula is C16H21N3O2. The highest BCUT2D eigenvalue weighted by molar-refractivity contribution is 5.44. The highest BCUT2D eigenvalue weighted by Gasteiger charge is 2.26. The quantitative estimate of drug-likeness (QED) is 0.936. The largest absolute Gasteiger partial charge is 0.496 e. The van der Waals surface area contributed by atoms with E-state index in [9.17, 15) is 0 Å². The smallest absolute Gasteiger partial charge is 0.121 e. The zero-order chi connectivity index (χ0) is 14.8. The molecule has 0 aliphatic carbocycles. The SMILES string of the molecule is COc1ccc(-n2cncc2C(N)C2CCOC2)cc1C. The molecule has 0 bridgehead atoms. The summed E-state index contributed by atoms with van der Waals surface area (Å²) in [5.41, 5.74) is 9.58. The van der Waals surface area contributed by atoms with Crippen LogP contribution in [-0.4, -0.2) is 29.9 Å². The van der Waals surface area contributed by atoms with Crippen molar-refractivity contribution in [1.29, 1.82) is 0 Å². The van der Waals surface area contributed by atoms with Crippen LogP contribution < -0.4 is 10.5 Å². The molecule has 1 aromatic carbocycles. The van der Waals surface area contributed by atoms with Gasteiger partial charge in [0.25, 0.3) is 0 Å². The summed E-state index contributed by atoms with van der Waals surface area (Å²) in [4.78, 5) is 4.27. The first-order valence-electron chi connectivity index (χ1n) is 7.21. The Bertz CT molecular complexity index is 618. The molecule has 1 fully saturated rings. The lowest BCUT2D eigenvalue weighted by Gasteiger charge is -2.20. The molecule has 3 rings (SSSR count). The Balaban J connectivity index is 1.93. The predicted molar refractivity (Wildman–Crippen MR) is 80.7 cm³/mol. The fourth-order valence-electron chi connectivity index (χ4n) is 2.86. The fourth-order valence-corrected chi connectivity index (χ4v) is 2.86. The van der Waals surface area contributed by atoms with Crippen LogP contribution >= 0.6 is 0 Å². The van der Waals surface area contributed by atoms with E-state index in [4.69, 9.17) is 15.2 Å². The second-order valence-corrected chi connectivity index (χ2v) is 5.49.